The van der Waals surface area contributed by atoms with Crippen LogP contribution >= 0.6 is 11.6 Å². The molecule has 18 heteroatoms. The van der Waals surface area contributed by atoms with Crippen molar-refractivity contribution in [1.29, 1.82) is 0 Å². The predicted octanol–water partition coefficient (Wildman–Crippen LogP) is 4.11. The van der Waals surface area contributed by atoms with Gasteiger partial charge in [-0.3, -0.25) is 39.0 Å². The number of piperidine rings is 3. The first-order chi connectivity index (χ1) is 30.3. The van der Waals surface area contributed by atoms with Gasteiger partial charge in [0.2, 0.25) is 17.8 Å². The number of imide groups is 2. The molecule has 0 radical (unpaired) electrons. The summed E-state index contributed by atoms with van der Waals surface area (Å²) in [5.74, 6) is -0.553. The van der Waals surface area contributed by atoms with Crippen LogP contribution in [-0.4, -0.2) is 119 Å². The molecule has 2 aromatic carbocycles. The molecule has 2 aromatic heterocycles. The average molecular weight is 879 g/mol. The Morgan fingerprint density at radius 3 is 2.40 bits per heavy atom. The van der Waals surface area contributed by atoms with E-state index < -0.39 is 29.7 Å². The zero-order valence-corrected chi connectivity index (χ0v) is 36.4. The molecule has 4 aromatic rings. The summed E-state index contributed by atoms with van der Waals surface area (Å²) in [5, 5.41) is 9.23. The Morgan fingerprint density at radius 2 is 1.68 bits per heavy atom. The van der Waals surface area contributed by atoms with E-state index in [0.29, 0.717) is 33.8 Å². The van der Waals surface area contributed by atoms with Gasteiger partial charge >= 0.3 is 0 Å². The van der Waals surface area contributed by atoms with E-state index in [0.717, 1.165) is 98.7 Å². The first-order valence-electron chi connectivity index (χ1n) is 21.7. The molecule has 330 valence electrons. The van der Waals surface area contributed by atoms with E-state index in [-0.39, 0.29) is 48.1 Å². The lowest BCUT2D eigenvalue weighted by molar-refractivity contribution is -0.136. The largest absolute Gasteiger partial charge is 0.478 e. The molecule has 0 saturated carbocycles. The zero-order chi connectivity index (χ0) is 44.2. The summed E-state index contributed by atoms with van der Waals surface area (Å²) in [7, 11) is 1.51. The van der Waals surface area contributed by atoms with Crippen LogP contribution < -0.4 is 36.0 Å². The number of benzene rings is 2. The van der Waals surface area contributed by atoms with Gasteiger partial charge in [0.15, 0.2) is 18.2 Å². The highest BCUT2D eigenvalue weighted by Gasteiger charge is 2.47. The number of hydrogen-bond donors (Lipinski definition) is 3. The number of ether oxygens (including phenoxy) is 1. The van der Waals surface area contributed by atoms with Crippen molar-refractivity contribution < 1.29 is 28.7 Å². The fraction of sp³-hybridized carbons (Fsp3) is 0.467. The number of nitrogens with zero attached hydrogens (tertiary/aromatic N) is 7. The Labute approximate surface area is 369 Å². The number of anilines is 4. The van der Waals surface area contributed by atoms with Crippen LogP contribution in [0.1, 0.15) is 79.1 Å². The minimum atomic E-state index is -0.976. The van der Waals surface area contributed by atoms with Crippen LogP contribution in [0.25, 0.3) is 10.9 Å². The molecule has 17 nitrogen and oxygen atoms in total. The fourth-order valence-electron chi connectivity index (χ4n) is 9.79. The molecule has 5 aliphatic heterocycles. The summed E-state index contributed by atoms with van der Waals surface area (Å²) in [5.41, 5.74) is 2.87. The average Bonchev–Trinajstić information content (AvgIpc) is 3.51. The maximum absolute atomic E-state index is 13.4. The van der Waals surface area contributed by atoms with Crippen LogP contribution in [0.3, 0.4) is 0 Å². The molecular formula is C45H51ClN10O7. The molecule has 5 amide bonds. The van der Waals surface area contributed by atoms with E-state index in [9.17, 15) is 28.8 Å². The Hall–Kier alpha value is -6.07. The van der Waals surface area contributed by atoms with Crippen molar-refractivity contribution in [2.75, 3.05) is 74.6 Å². The number of carbonyl (C=O) groups excluding carboxylic acids is 5. The van der Waals surface area contributed by atoms with Crippen LogP contribution in [0.4, 0.5) is 23.1 Å². The monoisotopic (exact) mass is 878 g/mol. The number of rotatable bonds is 11. The normalized spacial score (nSPS) is 20.3. The topological polar surface area (TPSA) is 191 Å². The van der Waals surface area contributed by atoms with E-state index >= 15 is 0 Å². The number of likely N-dealkylation sites (tertiary alicyclic amines) is 1. The standard InChI is InChI=1S/C45H51ClN10O7/c1-26(2)55-34-7-4-29(18-28(34)19-36(43(55)62)63-23-38(58)47-3)49-39-33(46)21-48-44(51-39)54-24-45(25-54)12-16-52(17-13-45)22-27-10-14-53(15-11-27)30-5-6-31-32(20-30)42(61)56(41(31)60)35-8-9-37(57)50-40(35)59/h4-7,18-21,26-27,35H,8-17,22-25H2,1-3H3,(H,47,58)(H,48,49,51)(H,50,57,59). The number of fused-ring (bicyclic) bond motifs is 2. The number of pyridine rings is 1. The summed E-state index contributed by atoms with van der Waals surface area (Å²) in [6.07, 6.45) is 6.10. The van der Waals surface area contributed by atoms with Gasteiger partial charge in [0.25, 0.3) is 23.3 Å². The van der Waals surface area contributed by atoms with Crippen molar-refractivity contribution in [2.24, 2.45) is 11.3 Å². The van der Waals surface area contributed by atoms with E-state index in [1.165, 1.54) is 7.05 Å². The second-order valence-electron chi connectivity index (χ2n) is 17.8. The van der Waals surface area contributed by atoms with Crippen molar-refractivity contribution >= 4 is 75.2 Å². The number of hydrogen-bond acceptors (Lipinski definition) is 13. The Balaban J connectivity index is 0.766. The number of halogens is 1. The zero-order valence-electron chi connectivity index (χ0n) is 35.6. The SMILES string of the molecule is CNC(=O)COc1cc2cc(Nc3nc(N4CC5(CCN(CC6CCN(c7ccc8c(c7)C(=O)N(C7CCC(=O)NC7=O)C8=O)CC6)CC5)C4)ncc3Cl)ccc2n(C(C)C)c1=O. The maximum atomic E-state index is 13.4. The minimum Gasteiger partial charge on any atom is -0.478 e. The third kappa shape index (κ3) is 8.19. The van der Waals surface area contributed by atoms with Crippen LogP contribution in [0.2, 0.25) is 5.02 Å². The van der Waals surface area contributed by atoms with Gasteiger partial charge in [-0.25, -0.2) is 4.98 Å². The number of aromatic nitrogens is 3. The van der Waals surface area contributed by atoms with Crippen molar-refractivity contribution in [2.45, 2.75) is 64.5 Å². The number of likely N-dealkylation sites (N-methyl/N-ethyl adjacent to an activating group) is 1. The molecule has 7 heterocycles. The lowest BCUT2D eigenvalue weighted by atomic mass is 9.72. The molecule has 1 spiro atoms. The van der Waals surface area contributed by atoms with Crippen molar-refractivity contribution in [1.82, 2.24) is 35.0 Å². The van der Waals surface area contributed by atoms with Gasteiger partial charge in [0.05, 0.1) is 22.8 Å². The summed E-state index contributed by atoms with van der Waals surface area (Å²) in [6.45, 7) is 10.2. The highest BCUT2D eigenvalue weighted by atomic mass is 35.5. The first kappa shape index (κ1) is 42.2. The second-order valence-corrected chi connectivity index (χ2v) is 18.2. The van der Waals surface area contributed by atoms with Gasteiger partial charge in [-0.2, -0.15) is 4.98 Å². The Morgan fingerprint density at radius 1 is 0.937 bits per heavy atom. The van der Waals surface area contributed by atoms with Crippen LogP contribution in [-0.2, 0) is 14.4 Å². The van der Waals surface area contributed by atoms with Gasteiger partial charge in [0, 0.05) is 74.4 Å². The molecule has 5 aliphatic rings. The maximum Gasteiger partial charge on any atom is 0.293 e. The minimum absolute atomic E-state index is 0.0893. The highest BCUT2D eigenvalue weighted by Crippen LogP contribution is 2.43. The molecule has 9 rings (SSSR count). The molecule has 0 bridgehead atoms. The summed E-state index contributed by atoms with van der Waals surface area (Å²) >= 11 is 6.61. The summed E-state index contributed by atoms with van der Waals surface area (Å²) in [4.78, 5) is 93.3. The summed E-state index contributed by atoms with van der Waals surface area (Å²) in [6, 6.07) is 11.5. The van der Waals surface area contributed by atoms with Gasteiger partial charge in [-0.1, -0.05) is 11.6 Å². The van der Waals surface area contributed by atoms with Gasteiger partial charge in [0.1, 0.15) is 11.1 Å². The second kappa shape index (κ2) is 16.9. The quantitative estimate of drug-likeness (QED) is 0.183. The van der Waals surface area contributed by atoms with Gasteiger partial charge in [-0.15, -0.1) is 0 Å². The predicted molar refractivity (Wildman–Crippen MR) is 237 cm³/mol. The lowest BCUT2D eigenvalue weighted by Crippen LogP contribution is -2.61. The van der Waals surface area contributed by atoms with Gasteiger partial charge in [-0.05, 0) is 107 Å². The molecule has 3 N–H and O–H groups in total. The number of carbonyl (C=O) groups is 5. The van der Waals surface area contributed by atoms with Crippen LogP contribution in [0.15, 0.2) is 53.5 Å². The molecule has 0 aliphatic carbocycles. The van der Waals surface area contributed by atoms with Crippen LogP contribution in [0.5, 0.6) is 5.75 Å². The fourth-order valence-corrected chi connectivity index (χ4v) is 9.93. The van der Waals surface area contributed by atoms with Crippen molar-refractivity contribution in [3.63, 3.8) is 0 Å². The highest BCUT2D eigenvalue weighted by molar-refractivity contribution is 6.33. The Kier molecular flexibility index (Phi) is 11.3. The first-order valence-corrected chi connectivity index (χ1v) is 22.1. The lowest BCUT2D eigenvalue weighted by Gasteiger charge is -2.54. The van der Waals surface area contributed by atoms with Crippen molar-refractivity contribution in [3.8, 4) is 5.75 Å². The third-order valence-corrected chi connectivity index (χ3v) is 13.6. The van der Waals surface area contributed by atoms with Crippen molar-refractivity contribution in [3.05, 3.63) is 75.2 Å². The van der Waals surface area contributed by atoms with Gasteiger partial charge < -0.3 is 34.6 Å². The van der Waals surface area contributed by atoms with Crippen LogP contribution in [0, 0.1) is 11.3 Å². The molecule has 63 heavy (non-hydrogen) atoms. The molecule has 4 saturated heterocycles. The van der Waals surface area contributed by atoms with E-state index in [1.807, 2.05) is 38.1 Å². The van der Waals surface area contributed by atoms with E-state index in [1.54, 1.807) is 29.0 Å². The van der Waals surface area contributed by atoms with E-state index in [4.69, 9.17) is 21.3 Å². The molecule has 4 fully saturated rings. The Bertz CT molecular complexity index is 2570. The number of nitrogens with one attached hydrogen (secondary N) is 3. The molecule has 1 atom stereocenters. The third-order valence-electron chi connectivity index (χ3n) is 13.3. The summed E-state index contributed by atoms with van der Waals surface area (Å²) < 4.78 is 7.27. The van der Waals surface area contributed by atoms with E-state index in [2.05, 4.69) is 35.6 Å². The number of amides is 5. The molecule has 1 unspecified atom stereocenters. The smallest absolute Gasteiger partial charge is 0.293 e. The molecular weight excluding hydrogens is 828 g/mol.